The van der Waals surface area contributed by atoms with E-state index in [1.165, 1.54) is 33.4 Å². The highest BCUT2D eigenvalue weighted by Crippen LogP contribution is 2.38. The predicted octanol–water partition coefficient (Wildman–Crippen LogP) is 4.38. The zero-order valence-corrected chi connectivity index (χ0v) is 15.5. The zero-order chi connectivity index (χ0) is 19.7. The van der Waals surface area contributed by atoms with E-state index in [1.54, 1.807) is 0 Å². The van der Waals surface area contributed by atoms with E-state index in [4.69, 9.17) is 22.3 Å². The second kappa shape index (κ2) is 7.16. The molecule has 28 heavy (non-hydrogen) atoms. The molecule has 0 fully saturated rings. The van der Waals surface area contributed by atoms with Gasteiger partial charge >= 0.3 is 0 Å². The highest BCUT2D eigenvalue weighted by molar-refractivity contribution is 5.96. The lowest BCUT2D eigenvalue weighted by Crippen LogP contribution is -2.10. The normalized spacial score (nSPS) is 15.6. The minimum Gasteiger partial charge on any atom is -0.384 e. The Balaban J connectivity index is 1.40. The van der Waals surface area contributed by atoms with Crippen molar-refractivity contribution in [2.75, 3.05) is 0 Å². The van der Waals surface area contributed by atoms with Crippen LogP contribution in [0, 0.1) is 10.8 Å². The van der Waals surface area contributed by atoms with Crippen molar-refractivity contribution in [1.82, 2.24) is 0 Å². The number of rotatable bonds is 5. The van der Waals surface area contributed by atoms with E-state index >= 15 is 0 Å². The van der Waals surface area contributed by atoms with Crippen molar-refractivity contribution in [2.24, 2.45) is 11.5 Å². The summed E-state index contributed by atoms with van der Waals surface area (Å²) in [5.41, 5.74) is 20.2. The number of nitrogens with one attached hydrogen (secondary N) is 2. The van der Waals surface area contributed by atoms with Crippen molar-refractivity contribution >= 4 is 22.8 Å². The summed E-state index contributed by atoms with van der Waals surface area (Å²) in [6.07, 6.45) is 10.6. The Hall–Kier alpha value is -3.66. The maximum absolute atomic E-state index is 7.51. The van der Waals surface area contributed by atoms with Crippen LogP contribution in [0.3, 0.4) is 0 Å². The first-order valence-corrected chi connectivity index (χ1v) is 9.21. The minimum atomic E-state index is 0.0943. The van der Waals surface area contributed by atoms with Gasteiger partial charge in [0.25, 0.3) is 0 Å². The second-order valence-electron chi connectivity index (χ2n) is 7.10. The molecule has 0 saturated carbocycles. The third-order valence-electron chi connectivity index (χ3n) is 5.28. The fourth-order valence-electron chi connectivity index (χ4n) is 3.61. The Labute approximate surface area is 164 Å². The van der Waals surface area contributed by atoms with Crippen LogP contribution in [0.1, 0.15) is 35.1 Å². The molecule has 138 valence electrons. The molecule has 0 radical (unpaired) electrons. The maximum Gasteiger partial charge on any atom is 0.122 e. The molecule has 2 aromatic carbocycles. The van der Waals surface area contributed by atoms with Crippen molar-refractivity contribution < 1.29 is 0 Å². The van der Waals surface area contributed by atoms with E-state index < -0.39 is 0 Å². The van der Waals surface area contributed by atoms with Gasteiger partial charge in [-0.05, 0) is 46.3 Å². The van der Waals surface area contributed by atoms with Crippen molar-refractivity contribution in [3.8, 4) is 0 Å². The topological polar surface area (TPSA) is 99.7 Å². The molecule has 0 bridgehead atoms. The standard InChI is InChI=1S/C24H22N4/c25-23(26)17-5-1-15(2-6-17)19-9-11-21(13-19)22-12-10-20(14-22)16-3-7-18(8-4-16)24(27)28/h1-12H,13-14H2,(H3,25,26)(H3,27,28). The molecule has 2 aliphatic carbocycles. The van der Waals surface area contributed by atoms with Crippen molar-refractivity contribution in [2.45, 2.75) is 12.8 Å². The molecule has 0 atom stereocenters. The van der Waals surface area contributed by atoms with Crippen LogP contribution in [-0.4, -0.2) is 11.7 Å². The van der Waals surface area contributed by atoms with Gasteiger partial charge in [-0.3, -0.25) is 10.8 Å². The van der Waals surface area contributed by atoms with Gasteiger partial charge in [0.05, 0.1) is 0 Å². The lowest BCUT2D eigenvalue weighted by Gasteiger charge is -2.10. The van der Waals surface area contributed by atoms with Crippen LogP contribution in [0.4, 0.5) is 0 Å². The van der Waals surface area contributed by atoms with Gasteiger partial charge in [-0.2, -0.15) is 0 Å². The SMILES string of the molecule is N=C(N)c1ccc(C2=CC=C(C3=CC=C(c4ccc(C(=N)N)cc4)C3)C2)cc1. The Kier molecular flexibility index (Phi) is 4.53. The number of nitrogens with two attached hydrogens (primary N) is 2. The van der Waals surface area contributed by atoms with Gasteiger partial charge in [-0.25, -0.2) is 0 Å². The van der Waals surface area contributed by atoms with Gasteiger partial charge in [-0.15, -0.1) is 0 Å². The fourth-order valence-corrected chi connectivity index (χ4v) is 3.61. The first-order chi connectivity index (χ1) is 13.5. The average molecular weight is 366 g/mol. The Morgan fingerprint density at radius 2 is 0.857 bits per heavy atom. The van der Waals surface area contributed by atoms with E-state index in [1.807, 2.05) is 48.5 Å². The molecular weight excluding hydrogens is 344 g/mol. The van der Waals surface area contributed by atoms with Crippen LogP contribution in [0.25, 0.3) is 11.1 Å². The molecular formula is C24H22N4. The number of hydrogen-bond acceptors (Lipinski definition) is 2. The summed E-state index contributed by atoms with van der Waals surface area (Å²) in [7, 11) is 0. The Morgan fingerprint density at radius 3 is 1.18 bits per heavy atom. The summed E-state index contributed by atoms with van der Waals surface area (Å²) in [6.45, 7) is 0. The molecule has 6 N–H and O–H groups in total. The number of benzene rings is 2. The molecule has 0 saturated heterocycles. The molecule has 4 nitrogen and oxygen atoms in total. The number of nitrogen functional groups attached to an aromatic ring is 2. The van der Waals surface area contributed by atoms with Gasteiger partial charge < -0.3 is 11.5 Å². The van der Waals surface area contributed by atoms with Gasteiger partial charge in [0.1, 0.15) is 11.7 Å². The van der Waals surface area contributed by atoms with Gasteiger partial charge in [-0.1, -0.05) is 72.8 Å². The molecule has 0 amide bonds. The lowest BCUT2D eigenvalue weighted by molar-refractivity contribution is 1.19. The van der Waals surface area contributed by atoms with Crippen molar-refractivity contribution in [1.29, 1.82) is 10.8 Å². The van der Waals surface area contributed by atoms with E-state index in [-0.39, 0.29) is 11.7 Å². The molecule has 0 spiro atoms. The van der Waals surface area contributed by atoms with Crippen LogP contribution in [0.5, 0.6) is 0 Å². The van der Waals surface area contributed by atoms with E-state index in [9.17, 15) is 0 Å². The third kappa shape index (κ3) is 3.45. The summed E-state index contributed by atoms with van der Waals surface area (Å²) in [6, 6.07) is 15.7. The zero-order valence-electron chi connectivity index (χ0n) is 15.5. The molecule has 4 heteroatoms. The summed E-state index contributed by atoms with van der Waals surface area (Å²) in [5.74, 6) is 0.189. The van der Waals surface area contributed by atoms with Crippen LogP contribution >= 0.6 is 0 Å². The third-order valence-corrected chi connectivity index (χ3v) is 5.28. The second-order valence-corrected chi connectivity index (χ2v) is 7.10. The smallest absolute Gasteiger partial charge is 0.122 e. The van der Waals surface area contributed by atoms with Crippen LogP contribution in [0.15, 0.2) is 84.0 Å². The summed E-state index contributed by atoms with van der Waals surface area (Å²) in [5, 5.41) is 15.0. The highest BCUT2D eigenvalue weighted by Gasteiger charge is 2.18. The number of hydrogen-bond donors (Lipinski definition) is 4. The Bertz CT molecular complexity index is 989. The molecule has 0 aromatic heterocycles. The number of amidine groups is 2. The molecule has 0 heterocycles. The van der Waals surface area contributed by atoms with E-state index in [0.29, 0.717) is 0 Å². The lowest BCUT2D eigenvalue weighted by atomic mass is 9.95. The predicted molar refractivity (Wildman–Crippen MR) is 116 cm³/mol. The van der Waals surface area contributed by atoms with Crippen LogP contribution < -0.4 is 11.5 Å². The Morgan fingerprint density at radius 1 is 0.536 bits per heavy atom. The average Bonchev–Trinajstić information content (AvgIpc) is 3.38. The first kappa shape index (κ1) is 17.7. The van der Waals surface area contributed by atoms with Gasteiger partial charge in [0.2, 0.25) is 0 Å². The molecule has 0 unspecified atom stereocenters. The quantitative estimate of drug-likeness (QED) is 0.466. The molecule has 2 aromatic rings. The molecule has 0 aliphatic heterocycles. The summed E-state index contributed by atoms with van der Waals surface area (Å²) < 4.78 is 0. The maximum atomic E-state index is 7.51. The van der Waals surface area contributed by atoms with E-state index in [2.05, 4.69) is 24.3 Å². The monoisotopic (exact) mass is 366 g/mol. The highest BCUT2D eigenvalue weighted by atomic mass is 14.7. The largest absolute Gasteiger partial charge is 0.384 e. The molecule has 4 rings (SSSR count). The van der Waals surface area contributed by atoms with Crippen molar-refractivity contribution in [3.05, 3.63) is 106 Å². The van der Waals surface area contributed by atoms with Gasteiger partial charge in [0, 0.05) is 11.1 Å². The van der Waals surface area contributed by atoms with Crippen molar-refractivity contribution in [3.63, 3.8) is 0 Å². The summed E-state index contributed by atoms with van der Waals surface area (Å²) >= 11 is 0. The first-order valence-electron chi connectivity index (χ1n) is 9.21. The molecule has 2 aliphatic rings. The summed E-state index contributed by atoms with van der Waals surface area (Å²) in [4.78, 5) is 0. The van der Waals surface area contributed by atoms with Crippen LogP contribution in [-0.2, 0) is 0 Å². The number of allylic oxidation sites excluding steroid dienone is 8. The minimum absolute atomic E-state index is 0.0943. The van der Waals surface area contributed by atoms with Gasteiger partial charge in [0.15, 0.2) is 0 Å². The fraction of sp³-hybridized carbons (Fsp3) is 0.0833. The van der Waals surface area contributed by atoms with E-state index in [0.717, 1.165) is 24.0 Å². The van der Waals surface area contributed by atoms with Crippen LogP contribution in [0.2, 0.25) is 0 Å².